The second-order valence-corrected chi connectivity index (χ2v) is 15.0. The van der Waals surface area contributed by atoms with Crippen LogP contribution in [0.2, 0.25) is 0 Å². The van der Waals surface area contributed by atoms with Gasteiger partial charge in [-0.15, -0.1) is 0 Å². The minimum absolute atomic E-state index is 0.142. The number of rotatable bonds is 15. The average molecular weight is 654 g/mol. The minimum atomic E-state index is -1.23. The molecule has 3 rings (SSSR count). The lowest BCUT2D eigenvalue weighted by Gasteiger charge is -2.39. The Morgan fingerprint density at radius 2 is 1.53 bits per heavy atom. The predicted molar refractivity (Wildman–Crippen MR) is 187 cm³/mol. The van der Waals surface area contributed by atoms with Gasteiger partial charge in [-0.05, 0) is 81.5 Å². The summed E-state index contributed by atoms with van der Waals surface area (Å²) >= 11 is 0. The first kappa shape index (κ1) is 38.4. The lowest BCUT2D eigenvalue weighted by Crippen LogP contribution is -2.63. The van der Waals surface area contributed by atoms with Crippen LogP contribution in [0.5, 0.6) is 0 Å². The van der Waals surface area contributed by atoms with Crippen LogP contribution in [-0.2, 0) is 25.5 Å². The average Bonchev–Trinajstić information content (AvgIpc) is 3.01. The number of hydrogen-bond acceptors (Lipinski definition) is 7. The van der Waals surface area contributed by atoms with Gasteiger partial charge in [-0.25, -0.2) is 0 Å². The Bertz CT molecular complexity index is 1330. The number of fused-ring (bicyclic) bond motifs is 1. The van der Waals surface area contributed by atoms with Gasteiger partial charge in [0, 0.05) is 0 Å². The third-order valence-corrected chi connectivity index (χ3v) is 9.34. The van der Waals surface area contributed by atoms with E-state index in [4.69, 9.17) is 4.74 Å². The molecule has 2 amide bonds. The molecule has 0 heterocycles. The van der Waals surface area contributed by atoms with Crippen LogP contribution < -0.4 is 16.0 Å². The Kier molecular flexibility index (Phi) is 13.8. The van der Waals surface area contributed by atoms with E-state index in [1.54, 1.807) is 6.92 Å². The summed E-state index contributed by atoms with van der Waals surface area (Å²) in [4.78, 5) is 41.1. The summed E-state index contributed by atoms with van der Waals surface area (Å²) in [5.41, 5.74) is -0.702. The van der Waals surface area contributed by atoms with Crippen molar-refractivity contribution in [3.8, 4) is 0 Å². The summed E-state index contributed by atoms with van der Waals surface area (Å²) in [6, 6.07) is 11.4. The Morgan fingerprint density at radius 3 is 2.15 bits per heavy atom. The van der Waals surface area contributed by atoms with Crippen molar-refractivity contribution in [1.82, 2.24) is 16.0 Å². The molecule has 0 bridgehead atoms. The van der Waals surface area contributed by atoms with E-state index in [9.17, 15) is 24.6 Å². The summed E-state index contributed by atoms with van der Waals surface area (Å²) in [5.74, 6) is -1.27. The third-order valence-electron chi connectivity index (χ3n) is 9.34. The van der Waals surface area contributed by atoms with E-state index in [1.165, 1.54) is 0 Å². The molecule has 3 unspecified atom stereocenters. The smallest absolute Gasteiger partial charge is 0.326 e. The minimum Gasteiger partial charge on any atom is -0.459 e. The fourth-order valence-corrected chi connectivity index (χ4v) is 6.53. The molecular formula is C38H59N3O6. The van der Waals surface area contributed by atoms with Crippen molar-refractivity contribution in [1.29, 1.82) is 0 Å². The molecule has 9 heteroatoms. The first-order chi connectivity index (χ1) is 22.1. The second kappa shape index (κ2) is 16.9. The van der Waals surface area contributed by atoms with Gasteiger partial charge in [0.25, 0.3) is 0 Å². The van der Waals surface area contributed by atoms with Crippen molar-refractivity contribution in [2.24, 2.45) is 11.8 Å². The van der Waals surface area contributed by atoms with Gasteiger partial charge in [-0.1, -0.05) is 95.8 Å². The third kappa shape index (κ3) is 10.7. The number of carbonyl (C=O) groups excluding carboxylic acids is 3. The fraction of sp³-hybridized carbons (Fsp3) is 0.658. The van der Waals surface area contributed by atoms with Crippen molar-refractivity contribution in [2.75, 3.05) is 0 Å². The van der Waals surface area contributed by atoms with Gasteiger partial charge >= 0.3 is 5.97 Å². The van der Waals surface area contributed by atoms with Gasteiger partial charge in [-0.3, -0.25) is 19.7 Å². The maximum absolute atomic E-state index is 14.0. The van der Waals surface area contributed by atoms with Crippen molar-refractivity contribution >= 4 is 28.6 Å². The number of aliphatic hydroxyl groups is 2. The summed E-state index contributed by atoms with van der Waals surface area (Å²) in [6.07, 6.45) is 2.86. The lowest BCUT2D eigenvalue weighted by molar-refractivity contribution is -0.165. The van der Waals surface area contributed by atoms with E-state index in [0.29, 0.717) is 32.1 Å². The second-order valence-electron chi connectivity index (χ2n) is 15.0. The van der Waals surface area contributed by atoms with Crippen LogP contribution in [-0.4, -0.2) is 69.5 Å². The Morgan fingerprint density at radius 1 is 0.894 bits per heavy atom. The zero-order valence-electron chi connectivity index (χ0n) is 29.8. The molecular weight excluding hydrogens is 594 g/mol. The predicted octanol–water partition coefficient (Wildman–Crippen LogP) is 5.19. The number of nitrogens with one attached hydrogen (secondary N) is 3. The Hall–Kier alpha value is -3.01. The lowest BCUT2D eigenvalue weighted by atomic mass is 9.81. The summed E-state index contributed by atoms with van der Waals surface area (Å²) in [5, 5.41) is 33.7. The van der Waals surface area contributed by atoms with Crippen molar-refractivity contribution in [2.45, 2.75) is 148 Å². The maximum atomic E-state index is 14.0. The number of esters is 1. The van der Waals surface area contributed by atoms with Crippen LogP contribution in [0.3, 0.4) is 0 Å². The highest BCUT2D eigenvalue weighted by Crippen LogP contribution is 2.31. The van der Waals surface area contributed by atoms with Crippen LogP contribution >= 0.6 is 0 Å². The van der Waals surface area contributed by atoms with Crippen molar-refractivity contribution in [3.63, 3.8) is 0 Å². The fourth-order valence-electron chi connectivity index (χ4n) is 6.53. The first-order valence-electron chi connectivity index (χ1n) is 17.5. The molecule has 1 aliphatic rings. The maximum Gasteiger partial charge on any atom is 0.326 e. The van der Waals surface area contributed by atoms with Crippen molar-refractivity contribution < 1.29 is 29.3 Å². The molecule has 5 N–H and O–H groups in total. The molecule has 1 aliphatic carbocycles. The highest BCUT2D eigenvalue weighted by atomic mass is 16.6. The zero-order chi connectivity index (χ0) is 34.9. The van der Waals surface area contributed by atoms with Crippen LogP contribution in [0.15, 0.2) is 42.5 Å². The molecule has 6 atom stereocenters. The normalized spacial score (nSPS) is 18.9. The van der Waals surface area contributed by atoms with Crippen LogP contribution in [0, 0.1) is 11.8 Å². The summed E-state index contributed by atoms with van der Waals surface area (Å²) in [7, 11) is 0. The number of aliphatic hydroxyl groups excluding tert-OH is 2. The molecule has 0 radical (unpaired) electrons. The van der Waals surface area contributed by atoms with Crippen LogP contribution in [0.1, 0.15) is 106 Å². The topological polar surface area (TPSA) is 137 Å². The number of hydrogen-bond donors (Lipinski definition) is 5. The number of ether oxygens (including phenoxy) is 1. The first-order valence-corrected chi connectivity index (χ1v) is 17.5. The zero-order valence-corrected chi connectivity index (χ0v) is 29.8. The number of benzene rings is 2. The van der Waals surface area contributed by atoms with E-state index in [2.05, 4.69) is 16.0 Å². The molecule has 47 heavy (non-hydrogen) atoms. The largest absolute Gasteiger partial charge is 0.459 e. The molecule has 0 aliphatic heterocycles. The molecule has 2 aromatic carbocycles. The van der Waals surface area contributed by atoms with E-state index in [1.807, 2.05) is 90.9 Å². The molecule has 1 saturated carbocycles. The molecule has 9 nitrogen and oxygen atoms in total. The summed E-state index contributed by atoms with van der Waals surface area (Å²) < 4.78 is 5.78. The van der Waals surface area contributed by atoms with Gasteiger partial charge in [-0.2, -0.15) is 0 Å². The van der Waals surface area contributed by atoms with Gasteiger partial charge in [0.05, 0.1) is 18.2 Å². The number of amides is 2. The monoisotopic (exact) mass is 653 g/mol. The highest BCUT2D eigenvalue weighted by Gasteiger charge is 2.44. The molecule has 2 aromatic rings. The molecule has 0 aromatic heterocycles. The van der Waals surface area contributed by atoms with E-state index in [0.717, 1.165) is 35.6 Å². The van der Waals surface area contributed by atoms with E-state index in [-0.39, 0.29) is 17.8 Å². The molecule has 1 fully saturated rings. The highest BCUT2D eigenvalue weighted by molar-refractivity contribution is 5.91. The number of carbonyl (C=O) groups is 3. The van der Waals surface area contributed by atoms with Gasteiger partial charge < -0.3 is 25.6 Å². The quantitative estimate of drug-likeness (QED) is 0.167. The van der Waals surface area contributed by atoms with Gasteiger partial charge in [0.2, 0.25) is 11.8 Å². The van der Waals surface area contributed by atoms with E-state index >= 15 is 0 Å². The molecule has 0 spiro atoms. The molecule has 262 valence electrons. The Labute approximate surface area is 281 Å². The standard InChI is InChI=1S/C38H59N3O6/c1-9-25(4)32(40-34(44)26(5)41-38(20-13-10-14-21-38)36(46)47-37(6,7)8)35(45)39-30(33(43)31(42)22-24(2)3)23-28-18-15-17-27-16-11-12-19-29(27)28/h11-12,15-19,24-26,30-33,41-43H,9-10,13-14,20-23H2,1-8H3,(H,39,45)(H,40,44)/t25?,26?,30-,31-,32?,33+/m0/s1. The van der Waals surface area contributed by atoms with Crippen molar-refractivity contribution in [3.05, 3.63) is 48.0 Å². The summed E-state index contributed by atoms with van der Waals surface area (Å²) in [6.45, 7) is 15.0. The van der Waals surface area contributed by atoms with E-state index < -0.39 is 53.3 Å². The van der Waals surface area contributed by atoms with Gasteiger partial charge in [0.15, 0.2) is 0 Å². The van der Waals surface area contributed by atoms with Crippen LogP contribution in [0.25, 0.3) is 10.8 Å². The SMILES string of the molecule is CCC(C)C(NC(=O)C(C)NC1(C(=O)OC(C)(C)C)CCCCC1)C(=O)N[C@@H](Cc1cccc2ccccc12)[C@@H](O)[C@@H](O)CC(C)C. The Balaban J connectivity index is 1.84. The molecule has 0 saturated heterocycles. The van der Waals surface area contributed by atoms with Crippen LogP contribution in [0.4, 0.5) is 0 Å². The van der Waals surface area contributed by atoms with Gasteiger partial charge in [0.1, 0.15) is 23.3 Å².